The van der Waals surface area contributed by atoms with Crippen molar-refractivity contribution in [2.45, 2.75) is 13.8 Å². The first-order chi connectivity index (χ1) is 11.3. The fraction of sp³-hybridized carbons (Fsp3) is 0.0952. The number of hydrogen-bond donors (Lipinski definition) is 0. The van der Waals surface area contributed by atoms with Crippen LogP contribution in [0.25, 0.3) is 27.8 Å². The molecule has 0 saturated carbocycles. The maximum atomic E-state index is 4.54. The number of benzene rings is 3. The summed E-state index contributed by atoms with van der Waals surface area (Å²) >= 11 is 0. The standard InChI is InChI=1S/C21H18N2/c1-15-8-7-9-16(2)21(15)17-10-3-5-12-19(17)23-14-22-18-11-4-6-13-20(18)23/h3-14H,1-2H3. The highest BCUT2D eigenvalue weighted by molar-refractivity contribution is 5.83. The molecule has 0 radical (unpaired) electrons. The van der Waals surface area contributed by atoms with Crippen LogP contribution in [0, 0.1) is 13.8 Å². The first kappa shape index (κ1) is 13.8. The molecular weight excluding hydrogens is 280 g/mol. The van der Waals surface area contributed by atoms with Gasteiger partial charge in [0, 0.05) is 5.56 Å². The lowest BCUT2D eigenvalue weighted by Gasteiger charge is -2.15. The summed E-state index contributed by atoms with van der Waals surface area (Å²) in [5.74, 6) is 0. The van der Waals surface area contributed by atoms with Crippen molar-refractivity contribution in [3.05, 3.63) is 84.2 Å². The lowest BCUT2D eigenvalue weighted by atomic mass is 9.94. The molecule has 0 fully saturated rings. The molecule has 0 atom stereocenters. The van der Waals surface area contributed by atoms with Crippen molar-refractivity contribution >= 4 is 11.0 Å². The quantitative estimate of drug-likeness (QED) is 0.490. The second kappa shape index (κ2) is 5.40. The van der Waals surface area contributed by atoms with Gasteiger partial charge in [-0.15, -0.1) is 0 Å². The molecule has 4 aromatic rings. The smallest absolute Gasteiger partial charge is 0.100 e. The van der Waals surface area contributed by atoms with Gasteiger partial charge in [0.1, 0.15) is 6.33 Å². The van der Waals surface area contributed by atoms with E-state index in [-0.39, 0.29) is 0 Å². The molecule has 2 nitrogen and oxygen atoms in total. The number of nitrogens with zero attached hydrogens (tertiary/aromatic N) is 2. The first-order valence-corrected chi connectivity index (χ1v) is 7.84. The zero-order valence-corrected chi connectivity index (χ0v) is 13.3. The highest BCUT2D eigenvalue weighted by Crippen LogP contribution is 2.33. The predicted octanol–water partition coefficient (Wildman–Crippen LogP) is 5.31. The molecule has 1 heterocycles. The van der Waals surface area contributed by atoms with E-state index in [2.05, 4.69) is 78.0 Å². The van der Waals surface area contributed by atoms with Crippen molar-refractivity contribution in [1.82, 2.24) is 9.55 Å². The van der Waals surface area contributed by atoms with Crippen LogP contribution < -0.4 is 0 Å². The Kier molecular flexibility index (Phi) is 3.23. The van der Waals surface area contributed by atoms with Crippen molar-refractivity contribution in [1.29, 1.82) is 0 Å². The van der Waals surface area contributed by atoms with Crippen molar-refractivity contribution < 1.29 is 0 Å². The van der Waals surface area contributed by atoms with Crippen LogP contribution in [-0.4, -0.2) is 9.55 Å². The second-order valence-electron chi connectivity index (χ2n) is 5.89. The Morgan fingerprint density at radius 3 is 2.26 bits per heavy atom. The zero-order valence-electron chi connectivity index (χ0n) is 13.3. The lowest BCUT2D eigenvalue weighted by Crippen LogP contribution is -1.97. The van der Waals surface area contributed by atoms with Crippen molar-refractivity contribution in [3.63, 3.8) is 0 Å². The molecule has 112 valence electrons. The maximum Gasteiger partial charge on any atom is 0.100 e. The molecule has 3 aromatic carbocycles. The molecule has 23 heavy (non-hydrogen) atoms. The molecule has 0 spiro atoms. The van der Waals surface area contributed by atoms with Gasteiger partial charge in [-0.05, 0) is 48.7 Å². The van der Waals surface area contributed by atoms with E-state index >= 15 is 0 Å². The summed E-state index contributed by atoms with van der Waals surface area (Å²) < 4.78 is 2.18. The Balaban J connectivity index is 2.02. The Labute approximate surface area is 136 Å². The summed E-state index contributed by atoms with van der Waals surface area (Å²) in [6.07, 6.45) is 1.91. The molecule has 1 aromatic heterocycles. The van der Waals surface area contributed by atoms with Gasteiger partial charge in [0.2, 0.25) is 0 Å². The summed E-state index contributed by atoms with van der Waals surface area (Å²) in [6, 6.07) is 23.2. The Bertz CT molecular complexity index is 975. The third-order valence-corrected chi connectivity index (χ3v) is 4.37. The SMILES string of the molecule is Cc1cccc(C)c1-c1ccccc1-n1cnc2ccccc21. The van der Waals surface area contributed by atoms with Gasteiger partial charge in [0.15, 0.2) is 0 Å². The maximum absolute atomic E-state index is 4.54. The van der Waals surface area contributed by atoms with E-state index in [9.17, 15) is 0 Å². The molecule has 0 bridgehead atoms. The number of rotatable bonds is 2. The van der Waals surface area contributed by atoms with Crippen LogP contribution in [0.5, 0.6) is 0 Å². The Morgan fingerprint density at radius 1 is 0.739 bits per heavy atom. The van der Waals surface area contributed by atoms with E-state index < -0.39 is 0 Å². The average molecular weight is 298 g/mol. The Morgan fingerprint density at radius 2 is 1.43 bits per heavy atom. The molecule has 4 rings (SSSR count). The van der Waals surface area contributed by atoms with E-state index in [1.165, 1.54) is 27.9 Å². The monoisotopic (exact) mass is 298 g/mol. The minimum atomic E-state index is 1.02. The molecule has 0 aliphatic carbocycles. The second-order valence-corrected chi connectivity index (χ2v) is 5.89. The predicted molar refractivity (Wildman–Crippen MR) is 96.0 cm³/mol. The number of hydrogen-bond acceptors (Lipinski definition) is 1. The highest BCUT2D eigenvalue weighted by Gasteiger charge is 2.12. The van der Waals surface area contributed by atoms with Gasteiger partial charge in [-0.2, -0.15) is 0 Å². The zero-order chi connectivity index (χ0) is 15.8. The number of para-hydroxylation sites is 3. The fourth-order valence-corrected chi connectivity index (χ4v) is 3.29. The molecular formula is C21H18N2. The largest absolute Gasteiger partial charge is 0.298 e. The first-order valence-electron chi connectivity index (χ1n) is 7.84. The topological polar surface area (TPSA) is 17.8 Å². The van der Waals surface area contributed by atoms with E-state index in [0.29, 0.717) is 0 Å². The number of aromatic nitrogens is 2. The average Bonchev–Trinajstić information content (AvgIpc) is 2.99. The minimum absolute atomic E-state index is 1.02. The van der Waals surface area contributed by atoms with Gasteiger partial charge in [-0.1, -0.05) is 48.5 Å². The molecule has 0 unspecified atom stereocenters. The molecule has 0 saturated heterocycles. The summed E-state index contributed by atoms with van der Waals surface area (Å²) in [4.78, 5) is 4.54. The third-order valence-electron chi connectivity index (χ3n) is 4.37. The minimum Gasteiger partial charge on any atom is -0.298 e. The summed E-state index contributed by atoms with van der Waals surface area (Å²) in [6.45, 7) is 4.34. The van der Waals surface area contributed by atoms with Crippen LogP contribution in [0.3, 0.4) is 0 Å². The Hall–Kier alpha value is -2.87. The van der Waals surface area contributed by atoms with Gasteiger partial charge in [-0.3, -0.25) is 4.57 Å². The van der Waals surface area contributed by atoms with Crippen LogP contribution in [0.1, 0.15) is 11.1 Å². The number of aryl methyl sites for hydroxylation is 2. The molecule has 0 aliphatic rings. The summed E-state index contributed by atoms with van der Waals surface area (Å²) in [5, 5.41) is 0. The number of imidazole rings is 1. The van der Waals surface area contributed by atoms with E-state index in [0.717, 1.165) is 11.0 Å². The van der Waals surface area contributed by atoms with E-state index in [1.807, 2.05) is 18.5 Å². The lowest BCUT2D eigenvalue weighted by molar-refractivity contribution is 1.09. The fourth-order valence-electron chi connectivity index (χ4n) is 3.29. The molecule has 0 amide bonds. The molecule has 2 heteroatoms. The normalized spacial score (nSPS) is 11.0. The molecule has 0 aliphatic heterocycles. The van der Waals surface area contributed by atoms with E-state index in [1.54, 1.807) is 0 Å². The third kappa shape index (κ3) is 2.23. The summed E-state index contributed by atoms with van der Waals surface area (Å²) in [5.41, 5.74) is 8.45. The summed E-state index contributed by atoms with van der Waals surface area (Å²) in [7, 11) is 0. The molecule has 0 N–H and O–H groups in total. The van der Waals surface area contributed by atoms with Gasteiger partial charge >= 0.3 is 0 Å². The van der Waals surface area contributed by atoms with Gasteiger partial charge in [0.25, 0.3) is 0 Å². The van der Waals surface area contributed by atoms with Crippen molar-refractivity contribution in [2.24, 2.45) is 0 Å². The van der Waals surface area contributed by atoms with Gasteiger partial charge in [0.05, 0.1) is 16.7 Å². The van der Waals surface area contributed by atoms with E-state index in [4.69, 9.17) is 0 Å². The highest BCUT2D eigenvalue weighted by atomic mass is 15.0. The van der Waals surface area contributed by atoms with Gasteiger partial charge in [-0.25, -0.2) is 4.98 Å². The van der Waals surface area contributed by atoms with Crippen LogP contribution >= 0.6 is 0 Å². The van der Waals surface area contributed by atoms with Crippen LogP contribution in [0.2, 0.25) is 0 Å². The van der Waals surface area contributed by atoms with Crippen molar-refractivity contribution in [2.75, 3.05) is 0 Å². The van der Waals surface area contributed by atoms with Gasteiger partial charge < -0.3 is 0 Å². The van der Waals surface area contributed by atoms with Crippen molar-refractivity contribution in [3.8, 4) is 16.8 Å². The van der Waals surface area contributed by atoms with Crippen LogP contribution in [-0.2, 0) is 0 Å². The van der Waals surface area contributed by atoms with Crippen LogP contribution in [0.15, 0.2) is 73.1 Å². The number of fused-ring (bicyclic) bond motifs is 1. The van der Waals surface area contributed by atoms with Crippen LogP contribution in [0.4, 0.5) is 0 Å².